The first kappa shape index (κ1) is 20.9. The zero-order valence-electron chi connectivity index (χ0n) is 15.2. The van der Waals surface area contributed by atoms with E-state index < -0.39 is 22.1 Å². The summed E-state index contributed by atoms with van der Waals surface area (Å²) in [6.07, 6.45) is -4.66. The van der Waals surface area contributed by atoms with Crippen molar-refractivity contribution in [2.75, 3.05) is 6.54 Å². The summed E-state index contributed by atoms with van der Waals surface area (Å²) >= 11 is 0. The molecular weight excluding hydrogens is 409 g/mol. The average Bonchev–Trinajstić information content (AvgIpc) is 3.02. The Kier molecular flexibility index (Phi) is 5.94. The fraction of sp³-hybridized carbons (Fsp3) is 0.211. The Labute approximate surface area is 165 Å². The van der Waals surface area contributed by atoms with Crippen molar-refractivity contribution < 1.29 is 30.7 Å². The van der Waals surface area contributed by atoms with E-state index in [1.165, 1.54) is 12.1 Å². The van der Waals surface area contributed by atoms with Gasteiger partial charge in [0.2, 0.25) is 15.9 Å². The number of nitrogens with one attached hydrogen (secondary N) is 1. The lowest BCUT2D eigenvalue weighted by Gasteiger charge is -2.11. The number of benzene rings is 2. The third kappa shape index (κ3) is 5.58. The molecule has 0 fully saturated rings. The van der Waals surface area contributed by atoms with Crippen molar-refractivity contribution in [3.8, 4) is 17.2 Å². The van der Waals surface area contributed by atoms with Gasteiger partial charge in [-0.2, -0.15) is 0 Å². The number of nitrogens with zero attached hydrogens (tertiary/aromatic N) is 1. The van der Waals surface area contributed by atoms with Gasteiger partial charge in [-0.3, -0.25) is 0 Å². The highest BCUT2D eigenvalue weighted by atomic mass is 32.2. The summed E-state index contributed by atoms with van der Waals surface area (Å²) in [6.45, 7) is 1.72. The van der Waals surface area contributed by atoms with Crippen LogP contribution in [0.25, 0.3) is 11.5 Å². The van der Waals surface area contributed by atoms with Crippen LogP contribution in [0.5, 0.6) is 5.75 Å². The topological polar surface area (TPSA) is 81.4 Å². The van der Waals surface area contributed by atoms with Crippen LogP contribution in [0.4, 0.5) is 13.2 Å². The molecule has 0 spiro atoms. The summed E-state index contributed by atoms with van der Waals surface area (Å²) in [5, 5.41) is 0. The summed E-state index contributed by atoms with van der Waals surface area (Å²) in [5.74, 6) is 0.377. The van der Waals surface area contributed by atoms with Crippen molar-refractivity contribution >= 4 is 10.0 Å². The zero-order valence-corrected chi connectivity index (χ0v) is 16.0. The van der Waals surface area contributed by atoms with E-state index in [9.17, 15) is 21.6 Å². The van der Waals surface area contributed by atoms with Crippen molar-refractivity contribution in [1.29, 1.82) is 0 Å². The molecule has 29 heavy (non-hydrogen) atoms. The summed E-state index contributed by atoms with van der Waals surface area (Å²) in [4.78, 5) is 4.05. The van der Waals surface area contributed by atoms with E-state index in [0.717, 1.165) is 17.7 Å². The number of alkyl halides is 3. The average molecular weight is 426 g/mol. The highest BCUT2D eigenvalue weighted by Gasteiger charge is 2.31. The molecule has 0 aliphatic rings. The highest BCUT2D eigenvalue weighted by Crippen LogP contribution is 2.25. The summed E-state index contributed by atoms with van der Waals surface area (Å²) in [5.41, 5.74) is 1.38. The number of hydrogen-bond acceptors (Lipinski definition) is 5. The maximum absolute atomic E-state index is 12.4. The molecule has 0 saturated heterocycles. The van der Waals surface area contributed by atoms with E-state index in [4.69, 9.17) is 4.42 Å². The Morgan fingerprint density at radius 3 is 2.52 bits per heavy atom. The Bertz CT molecular complexity index is 1080. The molecule has 154 valence electrons. The molecule has 0 aliphatic heterocycles. The molecule has 0 unspecified atom stereocenters. The van der Waals surface area contributed by atoms with Crippen LogP contribution in [0.15, 0.2) is 63.9 Å². The third-order valence-corrected chi connectivity index (χ3v) is 5.38. The maximum atomic E-state index is 12.4. The van der Waals surface area contributed by atoms with Crippen LogP contribution < -0.4 is 9.46 Å². The lowest BCUT2D eigenvalue weighted by molar-refractivity contribution is -0.274. The SMILES string of the molecule is Cc1oc(-c2ccccc2)nc1CCNS(=O)(=O)c1cccc(OC(F)(F)F)c1. The standard InChI is InChI=1S/C19H17F3N2O4S/c1-13-17(24-18(27-13)14-6-3-2-4-7-14)10-11-23-29(25,26)16-9-5-8-15(12-16)28-19(20,21)22/h2-9,12,23H,10-11H2,1H3. The van der Waals surface area contributed by atoms with Crippen LogP contribution in [0.3, 0.4) is 0 Å². The van der Waals surface area contributed by atoms with Gasteiger partial charge >= 0.3 is 6.36 Å². The number of aryl methyl sites for hydroxylation is 1. The molecule has 0 bridgehead atoms. The van der Waals surface area contributed by atoms with Gasteiger partial charge in [0.15, 0.2) is 0 Å². The van der Waals surface area contributed by atoms with Crippen LogP contribution in [-0.4, -0.2) is 26.3 Å². The molecule has 0 saturated carbocycles. The van der Waals surface area contributed by atoms with E-state index in [-0.39, 0.29) is 17.9 Å². The molecule has 1 aromatic heterocycles. The molecule has 6 nitrogen and oxygen atoms in total. The van der Waals surface area contributed by atoms with Crippen molar-refractivity contribution in [1.82, 2.24) is 9.71 Å². The van der Waals surface area contributed by atoms with Crippen molar-refractivity contribution in [3.63, 3.8) is 0 Å². The predicted octanol–water partition coefficient (Wildman–Crippen LogP) is 4.07. The van der Waals surface area contributed by atoms with Crippen LogP contribution in [0.1, 0.15) is 11.5 Å². The van der Waals surface area contributed by atoms with Gasteiger partial charge in [-0.05, 0) is 31.2 Å². The van der Waals surface area contributed by atoms with Gasteiger partial charge in [0.05, 0.1) is 10.6 Å². The minimum absolute atomic E-state index is 0.00566. The van der Waals surface area contributed by atoms with Gasteiger partial charge in [-0.15, -0.1) is 13.2 Å². The van der Waals surface area contributed by atoms with E-state index >= 15 is 0 Å². The Morgan fingerprint density at radius 2 is 1.83 bits per heavy atom. The number of aromatic nitrogens is 1. The van der Waals surface area contributed by atoms with Gasteiger partial charge in [0.25, 0.3) is 0 Å². The van der Waals surface area contributed by atoms with Gasteiger partial charge in [-0.25, -0.2) is 18.1 Å². The van der Waals surface area contributed by atoms with Crippen molar-refractivity contribution in [2.24, 2.45) is 0 Å². The van der Waals surface area contributed by atoms with Gasteiger partial charge in [-0.1, -0.05) is 24.3 Å². The first-order chi connectivity index (χ1) is 13.6. The molecular formula is C19H17F3N2O4S. The minimum Gasteiger partial charge on any atom is -0.441 e. The number of sulfonamides is 1. The van der Waals surface area contributed by atoms with Gasteiger partial charge in [0.1, 0.15) is 11.5 Å². The molecule has 0 aliphatic carbocycles. The highest BCUT2D eigenvalue weighted by molar-refractivity contribution is 7.89. The van der Waals surface area contributed by atoms with Crippen LogP contribution in [0, 0.1) is 6.92 Å². The Hall–Kier alpha value is -2.85. The number of rotatable bonds is 7. The first-order valence-corrected chi connectivity index (χ1v) is 9.99. The first-order valence-electron chi connectivity index (χ1n) is 8.51. The van der Waals surface area contributed by atoms with E-state index in [0.29, 0.717) is 17.3 Å². The second-order valence-electron chi connectivity index (χ2n) is 6.06. The van der Waals surface area contributed by atoms with Crippen LogP contribution in [-0.2, 0) is 16.4 Å². The Balaban J connectivity index is 1.66. The van der Waals surface area contributed by atoms with E-state index in [2.05, 4.69) is 14.4 Å². The van der Waals surface area contributed by atoms with E-state index in [1.807, 2.05) is 30.3 Å². The summed E-state index contributed by atoms with van der Waals surface area (Å²) in [7, 11) is -4.02. The maximum Gasteiger partial charge on any atom is 0.573 e. The molecule has 10 heteroatoms. The molecule has 0 radical (unpaired) electrons. The molecule has 1 heterocycles. The largest absolute Gasteiger partial charge is 0.573 e. The molecule has 3 rings (SSSR count). The second-order valence-corrected chi connectivity index (χ2v) is 7.83. The molecule has 1 N–H and O–H groups in total. The smallest absolute Gasteiger partial charge is 0.441 e. The van der Waals surface area contributed by atoms with E-state index in [1.54, 1.807) is 6.92 Å². The number of hydrogen-bond donors (Lipinski definition) is 1. The molecule has 2 aromatic carbocycles. The number of oxazole rings is 1. The monoisotopic (exact) mass is 426 g/mol. The van der Waals surface area contributed by atoms with Crippen molar-refractivity contribution in [3.05, 3.63) is 66.1 Å². The minimum atomic E-state index is -4.91. The normalized spacial score (nSPS) is 12.1. The Morgan fingerprint density at radius 1 is 1.10 bits per heavy atom. The summed E-state index contributed by atoms with van der Waals surface area (Å²) in [6, 6.07) is 13.4. The van der Waals surface area contributed by atoms with Gasteiger partial charge in [0, 0.05) is 24.6 Å². The van der Waals surface area contributed by atoms with Gasteiger partial charge < -0.3 is 9.15 Å². The fourth-order valence-corrected chi connectivity index (χ4v) is 3.66. The van der Waals surface area contributed by atoms with Crippen LogP contribution in [0.2, 0.25) is 0 Å². The number of halogens is 3. The predicted molar refractivity (Wildman–Crippen MR) is 98.7 cm³/mol. The summed E-state index contributed by atoms with van der Waals surface area (Å²) < 4.78 is 73.4. The lowest BCUT2D eigenvalue weighted by atomic mass is 10.2. The third-order valence-electron chi connectivity index (χ3n) is 3.92. The molecule has 0 amide bonds. The second kappa shape index (κ2) is 8.26. The number of ether oxygens (including phenoxy) is 1. The van der Waals surface area contributed by atoms with Crippen molar-refractivity contribution in [2.45, 2.75) is 24.6 Å². The van der Waals surface area contributed by atoms with Crippen LogP contribution >= 0.6 is 0 Å². The molecule has 0 atom stereocenters. The zero-order chi connectivity index (χ0) is 21.1. The fourth-order valence-electron chi connectivity index (χ4n) is 2.59. The molecule has 3 aromatic rings. The quantitative estimate of drug-likeness (QED) is 0.616. The lowest BCUT2D eigenvalue weighted by Crippen LogP contribution is -2.26.